The van der Waals surface area contributed by atoms with Crippen molar-refractivity contribution >= 4 is 11.9 Å². The molecule has 0 rings (SSSR count). The van der Waals surface area contributed by atoms with E-state index >= 15 is 0 Å². The van der Waals surface area contributed by atoms with E-state index in [1.807, 2.05) is 0 Å². The molecule has 3 N–H and O–H groups in total. The Balaban J connectivity index is 4.60. The average molecular weight is 860 g/mol. The lowest BCUT2D eigenvalue weighted by Crippen LogP contribution is -2.46. The van der Waals surface area contributed by atoms with Crippen LogP contribution >= 0.6 is 0 Å². The first kappa shape index (κ1) is 59.3. The summed E-state index contributed by atoms with van der Waals surface area (Å²) in [5, 5.41) is 23.8. The molecule has 0 saturated carbocycles. The van der Waals surface area contributed by atoms with Gasteiger partial charge in [-0.3, -0.25) is 9.59 Å². The molecule has 0 aromatic rings. The number of hydrogen-bond acceptors (Lipinski definition) is 5. The zero-order chi connectivity index (χ0) is 44.5. The molecule has 0 heterocycles. The third kappa shape index (κ3) is 44.7. The minimum atomic E-state index is -0.790. The molecular weight excluding hydrogens is 755 g/mol. The molecule has 0 bridgehead atoms. The number of rotatable bonds is 49. The van der Waals surface area contributed by atoms with Crippen LogP contribution in [0.1, 0.15) is 290 Å². The predicted octanol–water partition coefficient (Wildman–Crippen LogP) is 16.3. The van der Waals surface area contributed by atoms with Crippen molar-refractivity contribution in [3.63, 3.8) is 0 Å². The van der Waals surface area contributed by atoms with Crippen LogP contribution in [0.2, 0.25) is 0 Å². The minimum Gasteiger partial charge on any atom is -0.462 e. The fourth-order valence-corrected chi connectivity index (χ4v) is 8.36. The van der Waals surface area contributed by atoms with E-state index in [1.165, 1.54) is 173 Å². The molecule has 3 atom stereocenters. The van der Waals surface area contributed by atoms with Gasteiger partial charge < -0.3 is 20.3 Å². The molecule has 0 aliphatic heterocycles. The largest absolute Gasteiger partial charge is 0.462 e. The number of unbranched alkanes of at least 4 members (excludes halogenated alkanes) is 33. The summed E-state index contributed by atoms with van der Waals surface area (Å²) in [6.07, 6.45) is 56.7. The summed E-state index contributed by atoms with van der Waals surface area (Å²) in [6, 6.07) is -0.705. The van der Waals surface area contributed by atoms with Crippen LogP contribution in [0.4, 0.5) is 0 Å². The highest BCUT2D eigenvalue weighted by molar-refractivity contribution is 5.77. The van der Waals surface area contributed by atoms with E-state index in [2.05, 4.69) is 50.4 Å². The van der Waals surface area contributed by atoms with Crippen LogP contribution in [0.5, 0.6) is 0 Å². The zero-order valence-electron chi connectivity index (χ0n) is 41.1. The summed E-state index contributed by atoms with van der Waals surface area (Å²) in [7, 11) is 0. The molecule has 0 aliphatic carbocycles. The van der Waals surface area contributed by atoms with Gasteiger partial charge in [-0.2, -0.15) is 0 Å². The number of hydrogen-bond donors (Lipinski definition) is 3. The van der Waals surface area contributed by atoms with Crippen molar-refractivity contribution in [3.05, 3.63) is 24.3 Å². The Morgan fingerprint density at radius 2 is 0.787 bits per heavy atom. The monoisotopic (exact) mass is 860 g/mol. The van der Waals surface area contributed by atoms with Crippen molar-refractivity contribution in [2.24, 2.45) is 0 Å². The summed E-state index contributed by atoms with van der Waals surface area (Å²) in [5.74, 6) is -0.495. The summed E-state index contributed by atoms with van der Waals surface area (Å²) in [4.78, 5) is 26.2. The number of nitrogens with one attached hydrogen (secondary N) is 1. The molecule has 0 fully saturated rings. The Morgan fingerprint density at radius 3 is 1.18 bits per heavy atom. The maximum Gasteiger partial charge on any atom is 0.306 e. The van der Waals surface area contributed by atoms with Crippen LogP contribution < -0.4 is 5.32 Å². The first-order valence-electron chi connectivity index (χ1n) is 27.1. The van der Waals surface area contributed by atoms with Gasteiger partial charge in [0.2, 0.25) is 5.91 Å². The van der Waals surface area contributed by atoms with Crippen LogP contribution in [0.3, 0.4) is 0 Å². The van der Waals surface area contributed by atoms with E-state index in [9.17, 15) is 19.8 Å². The van der Waals surface area contributed by atoms with Crippen LogP contribution in [0.15, 0.2) is 24.3 Å². The molecule has 0 saturated heterocycles. The summed E-state index contributed by atoms with van der Waals surface area (Å²) in [6.45, 7) is 6.49. The Kier molecular flexibility index (Phi) is 48.0. The molecule has 1 amide bonds. The number of carbonyl (C=O) groups is 2. The molecule has 0 spiro atoms. The predicted molar refractivity (Wildman–Crippen MR) is 264 cm³/mol. The van der Waals surface area contributed by atoms with Crippen LogP contribution in [0, 0.1) is 0 Å². The van der Waals surface area contributed by atoms with Crippen molar-refractivity contribution in [2.75, 3.05) is 6.61 Å². The highest BCUT2D eigenvalue weighted by Gasteiger charge is 2.24. The van der Waals surface area contributed by atoms with Crippen LogP contribution in [0.25, 0.3) is 0 Å². The third-order valence-electron chi connectivity index (χ3n) is 12.5. The number of aliphatic hydroxyl groups excluding tert-OH is 2. The van der Waals surface area contributed by atoms with E-state index in [1.54, 1.807) is 0 Å². The van der Waals surface area contributed by atoms with Crippen LogP contribution in [-0.4, -0.2) is 46.9 Å². The first-order chi connectivity index (χ1) is 30.0. The fraction of sp³-hybridized carbons (Fsp3) is 0.891. The van der Waals surface area contributed by atoms with Gasteiger partial charge in [0.15, 0.2) is 0 Å². The molecule has 360 valence electrons. The minimum absolute atomic E-state index is 0.0652. The number of ether oxygens (including phenoxy) is 1. The van der Waals surface area contributed by atoms with Gasteiger partial charge in [-0.1, -0.05) is 225 Å². The number of esters is 1. The van der Waals surface area contributed by atoms with Crippen molar-refractivity contribution in [1.82, 2.24) is 5.32 Å². The van der Waals surface area contributed by atoms with Crippen molar-refractivity contribution < 1.29 is 24.5 Å². The highest BCUT2D eigenvalue weighted by Crippen LogP contribution is 2.18. The molecule has 61 heavy (non-hydrogen) atoms. The lowest BCUT2D eigenvalue weighted by Gasteiger charge is -2.24. The van der Waals surface area contributed by atoms with Crippen molar-refractivity contribution in [2.45, 2.75) is 309 Å². The smallest absolute Gasteiger partial charge is 0.306 e. The number of amides is 1. The quantitative estimate of drug-likeness (QED) is 0.0322. The summed E-state index contributed by atoms with van der Waals surface area (Å²) in [5.41, 5.74) is 0. The second kappa shape index (κ2) is 49.4. The lowest BCUT2D eigenvalue weighted by molar-refractivity contribution is -0.151. The Hall–Kier alpha value is -1.66. The first-order valence-corrected chi connectivity index (χ1v) is 27.1. The van der Waals surface area contributed by atoms with Gasteiger partial charge in [-0.05, 0) is 77.0 Å². The van der Waals surface area contributed by atoms with E-state index < -0.39 is 18.2 Å². The van der Waals surface area contributed by atoms with E-state index in [4.69, 9.17) is 4.74 Å². The third-order valence-corrected chi connectivity index (χ3v) is 12.5. The fourth-order valence-electron chi connectivity index (χ4n) is 8.36. The maximum absolute atomic E-state index is 13.2. The highest BCUT2D eigenvalue weighted by atomic mass is 16.5. The van der Waals surface area contributed by atoms with Gasteiger partial charge in [-0.25, -0.2) is 0 Å². The van der Waals surface area contributed by atoms with Crippen molar-refractivity contribution in [1.29, 1.82) is 0 Å². The number of carbonyl (C=O) groups excluding carboxylic acids is 2. The number of allylic oxidation sites excluding steroid dienone is 4. The van der Waals surface area contributed by atoms with E-state index in [0.29, 0.717) is 19.3 Å². The van der Waals surface area contributed by atoms with Gasteiger partial charge in [0.1, 0.15) is 6.10 Å². The Bertz CT molecular complexity index is 966. The second-order valence-corrected chi connectivity index (χ2v) is 18.6. The lowest BCUT2D eigenvalue weighted by atomic mass is 10.0. The molecule has 6 nitrogen and oxygen atoms in total. The molecule has 0 aromatic carbocycles. The van der Waals surface area contributed by atoms with Gasteiger partial charge in [0, 0.05) is 6.42 Å². The molecule has 0 radical (unpaired) electrons. The SMILES string of the molecule is CCCCCCCCC/C=C\CCCCCC(=O)OC(CCCCC/C=C/CCCCCCCCCCC)CC(=O)NC(CO)C(O)CCCCCCCCCCCCCC. The standard InChI is InChI=1S/C55H105NO5/c1-4-7-10-13-16-19-22-25-27-28-29-31-34-37-40-43-46-51(61-55(60)48-45-42-39-36-33-30-26-23-20-17-14-11-8-5-2)49-54(59)56-52(50-57)53(58)47-44-41-38-35-32-24-21-18-15-12-9-6-3/h29-31,33,51-53,57-58H,4-28,32,34-50H2,1-3H3,(H,56,59)/b31-29+,33-30-. The Labute approximate surface area is 380 Å². The zero-order valence-corrected chi connectivity index (χ0v) is 41.1. The summed E-state index contributed by atoms with van der Waals surface area (Å²) < 4.78 is 5.93. The normalized spacial score (nSPS) is 13.3. The number of aliphatic hydroxyl groups is 2. The Morgan fingerprint density at radius 1 is 0.459 bits per heavy atom. The van der Waals surface area contributed by atoms with Crippen molar-refractivity contribution in [3.8, 4) is 0 Å². The van der Waals surface area contributed by atoms with Gasteiger partial charge in [0.05, 0.1) is 25.2 Å². The molecule has 6 heteroatoms. The van der Waals surface area contributed by atoms with E-state index in [-0.39, 0.29) is 24.9 Å². The second-order valence-electron chi connectivity index (χ2n) is 18.6. The molecule has 0 aliphatic rings. The summed E-state index contributed by atoms with van der Waals surface area (Å²) >= 11 is 0. The molecule has 3 unspecified atom stereocenters. The van der Waals surface area contributed by atoms with Gasteiger partial charge in [0.25, 0.3) is 0 Å². The van der Waals surface area contributed by atoms with E-state index in [0.717, 1.165) is 70.6 Å². The van der Waals surface area contributed by atoms with Gasteiger partial charge in [-0.15, -0.1) is 0 Å². The average Bonchev–Trinajstić information content (AvgIpc) is 3.25. The van der Waals surface area contributed by atoms with Gasteiger partial charge >= 0.3 is 5.97 Å². The van der Waals surface area contributed by atoms with Crippen LogP contribution in [-0.2, 0) is 14.3 Å². The maximum atomic E-state index is 13.2. The molecule has 0 aromatic heterocycles. The molecular formula is C55H105NO5. The topological polar surface area (TPSA) is 95.9 Å².